The highest BCUT2D eigenvalue weighted by atomic mass is 32.2. The van der Waals surface area contributed by atoms with Gasteiger partial charge < -0.3 is 5.32 Å². The standard InChI is InChI=1S/C13H16N2O2S2/c1-3-19(16,17)13-7-5-4-6-11(13)15-10(2)12-8-14-9-18-12/h4-10,15H,3H2,1-2H3. The molecule has 6 heteroatoms. The lowest BCUT2D eigenvalue weighted by Gasteiger charge is -2.16. The Morgan fingerprint density at radius 3 is 2.74 bits per heavy atom. The normalized spacial score (nSPS) is 13.2. The van der Waals surface area contributed by atoms with Crippen molar-refractivity contribution in [2.75, 3.05) is 11.1 Å². The molecule has 0 saturated carbocycles. The molecule has 1 aromatic carbocycles. The van der Waals surface area contributed by atoms with Gasteiger partial charge in [0.15, 0.2) is 9.84 Å². The number of anilines is 1. The van der Waals surface area contributed by atoms with Crippen molar-refractivity contribution in [1.29, 1.82) is 0 Å². The van der Waals surface area contributed by atoms with Crippen molar-refractivity contribution in [3.8, 4) is 0 Å². The van der Waals surface area contributed by atoms with E-state index in [0.29, 0.717) is 10.6 Å². The lowest BCUT2D eigenvalue weighted by molar-refractivity contribution is 0.597. The Morgan fingerprint density at radius 2 is 2.11 bits per heavy atom. The predicted molar refractivity (Wildman–Crippen MR) is 78.3 cm³/mol. The quantitative estimate of drug-likeness (QED) is 0.921. The fourth-order valence-corrected chi connectivity index (χ4v) is 3.44. The van der Waals surface area contributed by atoms with E-state index in [0.717, 1.165) is 4.88 Å². The Hall–Kier alpha value is -1.40. The zero-order chi connectivity index (χ0) is 13.9. The first kappa shape index (κ1) is 14.0. The summed E-state index contributed by atoms with van der Waals surface area (Å²) in [6.07, 6.45) is 1.79. The second-order valence-electron chi connectivity index (χ2n) is 4.17. The molecule has 102 valence electrons. The summed E-state index contributed by atoms with van der Waals surface area (Å²) < 4.78 is 24.1. The molecule has 1 unspecified atom stereocenters. The van der Waals surface area contributed by atoms with Crippen molar-refractivity contribution in [2.45, 2.75) is 24.8 Å². The monoisotopic (exact) mass is 296 g/mol. The van der Waals surface area contributed by atoms with Gasteiger partial charge in [0.05, 0.1) is 27.9 Å². The van der Waals surface area contributed by atoms with Gasteiger partial charge in [0.1, 0.15) is 0 Å². The Balaban J connectivity index is 2.31. The Kier molecular flexibility index (Phi) is 4.21. The topological polar surface area (TPSA) is 59.1 Å². The number of thiazole rings is 1. The minimum absolute atomic E-state index is 0.0284. The smallest absolute Gasteiger partial charge is 0.180 e. The van der Waals surface area contributed by atoms with Crippen LogP contribution in [0.3, 0.4) is 0 Å². The molecule has 19 heavy (non-hydrogen) atoms. The van der Waals surface area contributed by atoms with Gasteiger partial charge in [-0.3, -0.25) is 4.98 Å². The first-order valence-corrected chi connectivity index (χ1v) is 8.54. The maximum absolute atomic E-state index is 12.0. The third kappa shape index (κ3) is 3.13. The van der Waals surface area contributed by atoms with Crippen LogP contribution in [0.15, 0.2) is 40.9 Å². The van der Waals surface area contributed by atoms with E-state index in [1.54, 1.807) is 48.2 Å². The van der Waals surface area contributed by atoms with Crippen LogP contribution in [-0.2, 0) is 9.84 Å². The molecular weight excluding hydrogens is 280 g/mol. The molecule has 1 atom stereocenters. The van der Waals surface area contributed by atoms with Crippen molar-refractivity contribution in [1.82, 2.24) is 4.98 Å². The van der Waals surface area contributed by atoms with Gasteiger partial charge in [-0.1, -0.05) is 19.1 Å². The molecule has 0 fully saturated rings. The van der Waals surface area contributed by atoms with E-state index in [1.165, 1.54) is 0 Å². The highest BCUT2D eigenvalue weighted by Crippen LogP contribution is 2.27. The zero-order valence-electron chi connectivity index (χ0n) is 10.8. The molecule has 0 amide bonds. The second-order valence-corrected chi connectivity index (χ2v) is 7.33. The third-order valence-corrected chi connectivity index (χ3v) is 5.60. The molecule has 0 aliphatic heterocycles. The molecule has 0 bridgehead atoms. The average molecular weight is 296 g/mol. The Labute approximate surface area is 117 Å². The third-order valence-electron chi connectivity index (χ3n) is 2.85. The summed E-state index contributed by atoms with van der Waals surface area (Å²) in [4.78, 5) is 5.46. The Morgan fingerprint density at radius 1 is 1.37 bits per heavy atom. The molecule has 0 spiro atoms. The maximum atomic E-state index is 12.0. The average Bonchev–Trinajstić information content (AvgIpc) is 2.93. The molecule has 4 nitrogen and oxygen atoms in total. The second kappa shape index (κ2) is 5.71. The molecule has 0 radical (unpaired) electrons. The van der Waals surface area contributed by atoms with Gasteiger partial charge in [0.2, 0.25) is 0 Å². The fourth-order valence-electron chi connectivity index (χ4n) is 1.76. The summed E-state index contributed by atoms with van der Waals surface area (Å²) in [5.74, 6) is 0.0978. The SMILES string of the molecule is CCS(=O)(=O)c1ccccc1NC(C)c1cncs1. The number of nitrogens with zero attached hydrogens (tertiary/aromatic N) is 1. The zero-order valence-corrected chi connectivity index (χ0v) is 12.5. The lowest BCUT2D eigenvalue weighted by atomic mass is 10.2. The number of aromatic nitrogens is 1. The molecule has 2 rings (SSSR count). The van der Waals surface area contributed by atoms with Crippen LogP contribution >= 0.6 is 11.3 Å². The van der Waals surface area contributed by atoms with E-state index in [4.69, 9.17) is 0 Å². The minimum atomic E-state index is -3.22. The minimum Gasteiger partial charge on any atom is -0.377 e. The van der Waals surface area contributed by atoms with Crippen LogP contribution in [0.25, 0.3) is 0 Å². The largest absolute Gasteiger partial charge is 0.377 e. The summed E-state index contributed by atoms with van der Waals surface area (Å²) in [5, 5.41) is 3.24. The highest BCUT2D eigenvalue weighted by Gasteiger charge is 2.17. The fraction of sp³-hybridized carbons (Fsp3) is 0.308. The first-order chi connectivity index (χ1) is 9.04. The maximum Gasteiger partial charge on any atom is 0.180 e. The van der Waals surface area contributed by atoms with Crippen molar-refractivity contribution in [3.05, 3.63) is 40.8 Å². The van der Waals surface area contributed by atoms with Crippen molar-refractivity contribution in [3.63, 3.8) is 0 Å². The van der Waals surface area contributed by atoms with E-state index in [2.05, 4.69) is 10.3 Å². The molecular formula is C13H16N2O2S2. The summed E-state index contributed by atoms with van der Waals surface area (Å²) in [5.41, 5.74) is 2.41. The first-order valence-electron chi connectivity index (χ1n) is 6.01. The van der Waals surface area contributed by atoms with Gasteiger partial charge in [-0.2, -0.15) is 0 Å². The van der Waals surface area contributed by atoms with E-state index in [1.807, 2.05) is 13.0 Å². The van der Waals surface area contributed by atoms with Gasteiger partial charge in [-0.25, -0.2) is 8.42 Å². The van der Waals surface area contributed by atoms with Crippen LogP contribution in [-0.4, -0.2) is 19.2 Å². The van der Waals surface area contributed by atoms with E-state index < -0.39 is 9.84 Å². The number of nitrogens with one attached hydrogen (secondary N) is 1. The number of hydrogen-bond acceptors (Lipinski definition) is 5. The van der Waals surface area contributed by atoms with Crippen molar-refractivity contribution < 1.29 is 8.42 Å². The molecule has 0 aliphatic rings. The molecule has 1 aromatic heterocycles. The van der Waals surface area contributed by atoms with Crippen LogP contribution in [0.5, 0.6) is 0 Å². The van der Waals surface area contributed by atoms with Gasteiger partial charge in [-0.15, -0.1) is 11.3 Å². The van der Waals surface area contributed by atoms with Crippen LogP contribution in [0.2, 0.25) is 0 Å². The van der Waals surface area contributed by atoms with Gasteiger partial charge in [0, 0.05) is 11.1 Å². The number of sulfone groups is 1. The number of hydrogen-bond donors (Lipinski definition) is 1. The van der Waals surface area contributed by atoms with E-state index >= 15 is 0 Å². The Bertz CT molecular complexity index is 636. The van der Waals surface area contributed by atoms with E-state index in [-0.39, 0.29) is 11.8 Å². The molecule has 1 N–H and O–H groups in total. The van der Waals surface area contributed by atoms with Crippen LogP contribution < -0.4 is 5.32 Å². The number of benzene rings is 1. The van der Waals surface area contributed by atoms with Crippen LogP contribution in [0, 0.1) is 0 Å². The van der Waals surface area contributed by atoms with Crippen molar-refractivity contribution in [2.24, 2.45) is 0 Å². The van der Waals surface area contributed by atoms with Gasteiger partial charge in [-0.05, 0) is 19.1 Å². The molecule has 2 aromatic rings. The summed E-state index contributed by atoms with van der Waals surface area (Å²) in [7, 11) is -3.22. The van der Waals surface area contributed by atoms with E-state index in [9.17, 15) is 8.42 Å². The molecule has 0 saturated heterocycles. The van der Waals surface area contributed by atoms with Gasteiger partial charge >= 0.3 is 0 Å². The summed E-state index contributed by atoms with van der Waals surface area (Å²) in [6, 6.07) is 7.03. The number of rotatable bonds is 5. The predicted octanol–water partition coefficient (Wildman–Crippen LogP) is 3.11. The highest BCUT2D eigenvalue weighted by molar-refractivity contribution is 7.91. The van der Waals surface area contributed by atoms with Crippen LogP contribution in [0.4, 0.5) is 5.69 Å². The van der Waals surface area contributed by atoms with Crippen molar-refractivity contribution >= 4 is 26.9 Å². The van der Waals surface area contributed by atoms with Gasteiger partial charge in [0.25, 0.3) is 0 Å². The summed E-state index contributed by atoms with van der Waals surface area (Å²) in [6.45, 7) is 3.64. The summed E-state index contributed by atoms with van der Waals surface area (Å²) >= 11 is 1.55. The molecule has 1 heterocycles. The van der Waals surface area contributed by atoms with Crippen LogP contribution in [0.1, 0.15) is 24.8 Å². The molecule has 0 aliphatic carbocycles. The number of para-hydroxylation sites is 1. The lowest BCUT2D eigenvalue weighted by Crippen LogP contribution is -2.11.